The van der Waals surface area contributed by atoms with E-state index in [-0.39, 0.29) is 30.3 Å². The van der Waals surface area contributed by atoms with Gasteiger partial charge in [0, 0.05) is 17.5 Å². The van der Waals surface area contributed by atoms with Crippen molar-refractivity contribution in [1.29, 1.82) is 0 Å². The average Bonchev–Trinajstić information content (AvgIpc) is 2.37. The zero-order valence-electron chi connectivity index (χ0n) is 11.1. The van der Waals surface area contributed by atoms with Crippen LogP contribution >= 0.6 is 24.0 Å². The van der Waals surface area contributed by atoms with E-state index in [1.54, 1.807) is 31.2 Å². The summed E-state index contributed by atoms with van der Waals surface area (Å²) >= 11 is 5.78. The van der Waals surface area contributed by atoms with Gasteiger partial charge in [0.1, 0.15) is 11.9 Å². The molecule has 108 valence electrons. The Morgan fingerprint density at radius 2 is 1.95 bits per heavy atom. The Morgan fingerprint density at radius 1 is 1.37 bits per heavy atom. The molecule has 0 fully saturated rings. The van der Waals surface area contributed by atoms with Gasteiger partial charge in [0.05, 0.1) is 6.54 Å². The molecule has 0 bridgehead atoms. The van der Waals surface area contributed by atoms with E-state index in [0.717, 1.165) is 5.75 Å². The monoisotopic (exact) mass is 306 g/mol. The molecule has 1 rings (SSSR count). The van der Waals surface area contributed by atoms with Crippen molar-refractivity contribution in [2.75, 3.05) is 13.1 Å². The van der Waals surface area contributed by atoms with E-state index in [1.807, 2.05) is 6.92 Å². The summed E-state index contributed by atoms with van der Waals surface area (Å²) in [5, 5.41) is 3.46. The molecule has 1 aromatic carbocycles. The fraction of sp³-hybridized carbons (Fsp3) is 0.462. The zero-order valence-corrected chi connectivity index (χ0v) is 12.6. The summed E-state index contributed by atoms with van der Waals surface area (Å²) in [5.74, 6) is 0.504. The van der Waals surface area contributed by atoms with Crippen molar-refractivity contribution < 1.29 is 9.53 Å². The van der Waals surface area contributed by atoms with Gasteiger partial charge in [-0.1, -0.05) is 18.5 Å². The standard InChI is InChI=1S/C13H19ClN2O2.ClH/c1-9(7-15)13(17)16-8-10(2)18-12-5-3-11(14)4-6-12;/h3-6,9-10H,7-8,15H2,1-2H3,(H,16,17);1H. The van der Waals surface area contributed by atoms with Crippen LogP contribution in [0.1, 0.15) is 13.8 Å². The van der Waals surface area contributed by atoms with Gasteiger partial charge in [-0.3, -0.25) is 4.79 Å². The van der Waals surface area contributed by atoms with Crippen LogP contribution in [0.2, 0.25) is 5.02 Å². The fourth-order valence-corrected chi connectivity index (χ4v) is 1.44. The first-order valence-corrected chi connectivity index (χ1v) is 6.30. The van der Waals surface area contributed by atoms with E-state index in [4.69, 9.17) is 22.1 Å². The third kappa shape index (κ3) is 6.66. The van der Waals surface area contributed by atoms with Gasteiger partial charge in [0.25, 0.3) is 0 Å². The summed E-state index contributed by atoms with van der Waals surface area (Å²) < 4.78 is 5.63. The Kier molecular flexibility index (Phi) is 8.56. The Bertz CT molecular complexity index is 385. The van der Waals surface area contributed by atoms with Crippen LogP contribution in [0.4, 0.5) is 0 Å². The number of carbonyl (C=O) groups excluding carboxylic acids is 1. The Hall–Kier alpha value is -0.970. The highest BCUT2D eigenvalue weighted by Gasteiger charge is 2.12. The molecule has 1 aromatic rings. The maximum absolute atomic E-state index is 11.5. The van der Waals surface area contributed by atoms with E-state index in [9.17, 15) is 4.79 Å². The maximum Gasteiger partial charge on any atom is 0.224 e. The maximum atomic E-state index is 11.5. The molecule has 0 saturated heterocycles. The van der Waals surface area contributed by atoms with Gasteiger partial charge in [-0.25, -0.2) is 0 Å². The van der Waals surface area contributed by atoms with Gasteiger partial charge < -0.3 is 15.8 Å². The number of nitrogens with one attached hydrogen (secondary N) is 1. The minimum Gasteiger partial charge on any atom is -0.489 e. The van der Waals surface area contributed by atoms with E-state index in [0.29, 0.717) is 18.1 Å². The molecule has 1 amide bonds. The first kappa shape index (κ1) is 18.0. The molecule has 0 aliphatic rings. The van der Waals surface area contributed by atoms with Crippen molar-refractivity contribution in [3.63, 3.8) is 0 Å². The SMILES string of the molecule is CC(CNC(=O)C(C)CN)Oc1ccc(Cl)cc1.Cl. The molecule has 2 unspecified atom stereocenters. The Morgan fingerprint density at radius 3 is 2.47 bits per heavy atom. The first-order valence-electron chi connectivity index (χ1n) is 5.93. The van der Waals surface area contributed by atoms with Crippen LogP contribution in [0.25, 0.3) is 0 Å². The summed E-state index contributed by atoms with van der Waals surface area (Å²) in [6, 6.07) is 7.11. The summed E-state index contributed by atoms with van der Waals surface area (Å²) in [6.07, 6.45) is -0.111. The average molecular weight is 307 g/mol. The van der Waals surface area contributed by atoms with Crippen LogP contribution in [0, 0.1) is 5.92 Å². The summed E-state index contributed by atoms with van der Waals surface area (Å²) in [4.78, 5) is 11.5. The van der Waals surface area contributed by atoms with Gasteiger partial charge in [-0.15, -0.1) is 12.4 Å². The largest absolute Gasteiger partial charge is 0.489 e. The number of hydrogen-bond acceptors (Lipinski definition) is 3. The topological polar surface area (TPSA) is 64.4 Å². The second kappa shape index (κ2) is 9.02. The highest BCUT2D eigenvalue weighted by Crippen LogP contribution is 2.16. The molecule has 6 heteroatoms. The summed E-state index contributed by atoms with van der Waals surface area (Å²) in [5.41, 5.74) is 5.41. The lowest BCUT2D eigenvalue weighted by molar-refractivity contribution is -0.124. The second-order valence-electron chi connectivity index (χ2n) is 4.26. The third-order valence-electron chi connectivity index (χ3n) is 2.52. The third-order valence-corrected chi connectivity index (χ3v) is 2.77. The number of benzene rings is 1. The summed E-state index contributed by atoms with van der Waals surface area (Å²) in [6.45, 7) is 4.48. The molecule has 3 N–H and O–H groups in total. The molecule has 0 spiro atoms. The normalized spacial score (nSPS) is 13.1. The molecule has 0 heterocycles. The Balaban J connectivity index is 0.00000324. The predicted octanol–water partition coefficient (Wildman–Crippen LogP) is 2.24. The molecule has 4 nitrogen and oxygen atoms in total. The smallest absolute Gasteiger partial charge is 0.224 e. The van der Waals surface area contributed by atoms with Crippen molar-refractivity contribution in [1.82, 2.24) is 5.32 Å². The molecule has 0 saturated carbocycles. The molecular formula is C13H20Cl2N2O2. The van der Waals surface area contributed by atoms with Crippen LogP contribution in [-0.4, -0.2) is 25.1 Å². The van der Waals surface area contributed by atoms with E-state index >= 15 is 0 Å². The van der Waals surface area contributed by atoms with Gasteiger partial charge in [0.2, 0.25) is 5.91 Å². The van der Waals surface area contributed by atoms with Crippen LogP contribution in [-0.2, 0) is 4.79 Å². The van der Waals surface area contributed by atoms with Gasteiger partial charge in [0.15, 0.2) is 0 Å². The van der Waals surface area contributed by atoms with Crippen LogP contribution in [0.15, 0.2) is 24.3 Å². The molecule has 19 heavy (non-hydrogen) atoms. The lowest BCUT2D eigenvalue weighted by Gasteiger charge is -2.17. The number of rotatable bonds is 6. The van der Waals surface area contributed by atoms with E-state index in [1.165, 1.54) is 0 Å². The van der Waals surface area contributed by atoms with Crippen molar-refractivity contribution in [3.05, 3.63) is 29.3 Å². The minimum atomic E-state index is -0.173. The molecule has 0 aromatic heterocycles. The van der Waals surface area contributed by atoms with Crippen LogP contribution in [0.3, 0.4) is 0 Å². The van der Waals surface area contributed by atoms with E-state index in [2.05, 4.69) is 5.32 Å². The highest BCUT2D eigenvalue weighted by atomic mass is 35.5. The number of ether oxygens (including phenoxy) is 1. The molecule has 0 aliphatic heterocycles. The zero-order chi connectivity index (χ0) is 13.5. The lowest BCUT2D eigenvalue weighted by atomic mass is 10.1. The lowest BCUT2D eigenvalue weighted by Crippen LogP contribution is -2.38. The second-order valence-corrected chi connectivity index (χ2v) is 4.70. The van der Waals surface area contributed by atoms with Crippen LogP contribution < -0.4 is 15.8 Å². The number of carbonyl (C=O) groups is 1. The summed E-state index contributed by atoms with van der Waals surface area (Å²) in [7, 11) is 0. The number of nitrogens with two attached hydrogens (primary N) is 1. The van der Waals surface area contributed by atoms with Crippen molar-refractivity contribution in [2.45, 2.75) is 20.0 Å². The molecular weight excluding hydrogens is 287 g/mol. The minimum absolute atomic E-state index is 0. The van der Waals surface area contributed by atoms with E-state index < -0.39 is 0 Å². The number of halogens is 2. The Labute approximate surface area is 125 Å². The predicted molar refractivity (Wildman–Crippen MR) is 80.0 cm³/mol. The van der Waals surface area contributed by atoms with Crippen LogP contribution in [0.5, 0.6) is 5.75 Å². The van der Waals surface area contributed by atoms with Gasteiger partial charge in [-0.2, -0.15) is 0 Å². The molecule has 0 radical (unpaired) electrons. The quantitative estimate of drug-likeness (QED) is 0.847. The first-order chi connectivity index (χ1) is 8.52. The van der Waals surface area contributed by atoms with Crippen molar-refractivity contribution in [2.24, 2.45) is 11.7 Å². The van der Waals surface area contributed by atoms with Crippen molar-refractivity contribution >= 4 is 29.9 Å². The van der Waals surface area contributed by atoms with Gasteiger partial charge in [-0.05, 0) is 31.2 Å². The molecule has 0 aliphatic carbocycles. The highest BCUT2D eigenvalue weighted by molar-refractivity contribution is 6.30. The van der Waals surface area contributed by atoms with Crippen molar-refractivity contribution in [3.8, 4) is 5.75 Å². The number of amides is 1. The molecule has 2 atom stereocenters. The fourth-order valence-electron chi connectivity index (χ4n) is 1.31. The number of hydrogen-bond donors (Lipinski definition) is 2. The van der Waals surface area contributed by atoms with Gasteiger partial charge >= 0.3 is 0 Å².